The first-order valence-corrected chi connectivity index (χ1v) is 15.4. The van der Waals surface area contributed by atoms with Gasteiger partial charge < -0.3 is 29.3 Å². The van der Waals surface area contributed by atoms with Crippen LogP contribution in [0.5, 0.6) is 0 Å². The highest BCUT2D eigenvalue weighted by molar-refractivity contribution is 6.05. The van der Waals surface area contributed by atoms with Crippen molar-refractivity contribution in [1.82, 2.24) is 4.90 Å². The van der Waals surface area contributed by atoms with Crippen molar-refractivity contribution in [2.75, 3.05) is 49.2 Å². The summed E-state index contributed by atoms with van der Waals surface area (Å²) in [6.07, 6.45) is 6.52. The van der Waals surface area contributed by atoms with Crippen molar-refractivity contribution in [1.29, 1.82) is 0 Å². The first kappa shape index (κ1) is 31.8. The molecule has 3 saturated heterocycles. The molecule has 0 aliphatic carbocycles. The number of benzene rings is 1. The molecule has 42 heavy (non-hydrogen) atoms. The first-order valence-electron chi connectivity index (χ1n) is 15.4. The maximum atomic E-state index is 14.7. The monoisotopic (exact) mass is 581 g/mol. The van der Waals surface area contributed by atoms with E-state index in [0.717, 1.165) is 18.8 Å². The fourth-order valence-electron chi connectivity index (χ4n) is 7.35. The molecule has 3 aliphatic heterocycles. The van der Waals surface area contributed by atoms with Gasteiger partial charge in [-0.05, 0) is 76.6 Å². The van der Waals surface area contributed by atoms with Crippen molar-refractivity contribution >= 4 is 29.2 Å². The molecule has 3 aliphatic rings. The Kier molecular flexibility index (Phi) is 10.1. The van der Waals surface area contributed by atoms with E-state index in [2.05, 4.69) is 31.9 Å². The van der Waals surface area contributed by atoms with E-state index in [1.165, 1.54) is 0 Å². The van der Waals surface area contributed by atoms with Crippen molar-refractivity contribution in [3.05, 3.63) is 49.6 Å². The number of carbonyl (C=O) groups excluding carboxylic acids is 3. The number of hydrogen-bond donors (Lipinski definition) is 1. The molecule has 0 radical (unpaired) electrons. The molecule has 1 spiro atoms. The van der Waals surface area contributed by atoms with E-state index >= 15 is 0 Å². The van der Waals surface area contributed by atoms with Crippen LogP contribution in [-0.2, 0) is 23.9 Å². The molecule has 1 aromatic rings. The lowest BCUT2D eigenvalue weighted by Gasteiger charge is -2.37. The van der Waals surface area contributed by atoms with Gasteiger partial charge in [-0.1, -0.05) is 19.1 Å². The van der Waals surface area contributed by atoms with E-state index in [0.29, 0.717) is 44.2 Å². The molecular weight excluding hydrogens is 534 g/mol. The number of carbonyl (C=O) groups is 3. The van der Waals surface area contributed by atoms with Gasteiger partial charge in [0.2, 0.25) is 5.91 Å². The highest BCUT2D eigenvalue weighted by Crippen LogP contribution is 2.64. The van der Waals surface area contributed by atoms with Crippen LogP contribution >= 0.6 is 0 Å². The van der Waals surface area contributed by atoms with Gasteiger partial charge in [-0.15, -0.1) is 13.2 Å². The number of nitrogens with zero attached hydrogens (tertiary/aromatic N) is 3. The number of ether oxygens (including phenoxy) is 2. The van der Waals surface area contributed by atoms with E-state index in [1.807, 2.05) is 31.2 Å². The molecule has 0 saturated carbocycles. The second-order valence-corrected chi connectivity index (χ2v) is 11.5. The highest BCUT2D eigenvalue weighted by atomic mass is 16.6. The van der Waals surface area contributed by atoms with Crippen LogP contribution in [-0.4, -0.2) is 84.4 Å². The minimum absolute atomic E-state index is 0.00953. The van der Waals surface area contributed by atoms with Gasteiger partial charge in [0.1, 0.15) is 17.6 Å². The predicted molar refractivity (Wildman–Crippen MR) is 163 cm³/mol. The van der Waals surface area contributed by atoms with Gasteiger partial charge in [-0.3, -0.25) is 14.4 Å². The molecule has 1 N–H and O–H groups in total. The summed E-state index contributed by atoms with van der Waals surface area (Å²) in [4.78, 5) is 48.0. The van der Waals surface area contributed by atoms with Crippen molar-refractivity contribution in [2.45, 2.75) is 76.5 Å². The van der Waals surface area contributed by atoms with Crippen LogP contribution < -0.4 is 9.80 Å². The van der Waals surface area contributed by atoms with Crippen LogP contribution in [0.15, 0.2) is 49.6 Å². The third-order valence-corrected chi connectivity index (χ3v) is 9.41. The molecule has 0 aromatic heterocycles. The second kappa shape index (κ2) is 13.4. The summed E-state index contributed by atoms with van der Waals surface area (Å²) in [6.45, 7) is 16.2. The third-order valence-electron chi connectivity index (χ3n) is 9.41. The lowest BCUT2D eigenvalue weighted by molar-refractivity contribution is -0.160. The lowest BCUT2D eigenvalue weighted by Crippen LogP contribution is -2.56. The molecule has 3 heterocycles. The maximum Gasteiger partial charge on any atom is 0.312 e. The molecule has 5 atom stereocenters. The SMILES string of the molecule is C=CCCOC(=O)[C@@H]1[C@H]2C(=O)N(CCCCO)C(C(=O)N(CC=C)c3ccc(N(CC)CC)cc3)C23CC[C@@]1(CC)O3. The maximum absolute atomic E-state index is 14.7. The Balaban J connectivity index is 1.74. The Morgan fingerprint density at radius 1 is 1.10 bits per heavy atom. The summed E-state index contributed by atoms with van der Waals surface area (Å²) in [6, 6.07) is 6.96. The van der Waals surface area contributed by atoms with E-state index in [-0.39, 0.29) is 38.1 Å². The van der Waals surface area contributed by atoms with Gasteiger partial charge in [0.15, 0.2) is 0 Å². The zero-order chi connectivity index (χ0) is 30.5. The number of hydrogen-bond acceptors (Lipinski definition) is 7. The standard InChI is InChI=1S/C33H47N3O6/c1-6-11-23-41-31(40)27-26-29(38)36(21-12-13-22-37)28(33(26)19-18-32(27,8-3)42-33)30(39)35(20-7-2)25-16-14-24(15-17-25)34(9-4)10-5/h6-7,14-17,26-28,37H,1-2,8-13,18-23H2,3-5H3/t26-,27-,28?,32+,33?/m0/s1. The number of fused-ring (bicyclic) bond motifs is 1. The van der Waals surface area contributed by atoms with Crippen LogP contribution in [0.3, 0.4) is 0 Å². The molecule has 2 unspecified atom stereocenters. The fraction of sp³-hybridized carbons (Fsp3) is 0.606. The Bertz CT molecular complexity index is 1150. The summed E-state index contributed by atoms with van der Waals surface area (Å²) in [5.41, 5.74) is -0.214. The quantitative estimate of drug-likeness (QED) is 0.178. The van der Waals surface area contributed by atoms with Crippen LogP contribution in [0.25, 0.3) is 0 Å². The van der Waals surface area contributed by atoms with Crippen molar-refractivity contribution in [3.8, 4) is 0 Å². The summed E-state index contributed by atoms with van der Waals surface area (Å²) in [7, 11) is 0. The Morgan fingerprint density at radius 2 is 1.79 bits per heavy atom. The molecular formula is C33H47N3O6. The van der Waals surface area contributed by atoms with E-state index in [1.54, 1.807) is 22.0 Å². The van der Waals surface area contributed by atoms with Crippen LogP contribution in [0.4, 0.5) is 11.4 Å². The zero-order valence-electron chi connectivity index (χ0n) is 25.4. The first-order chi connectivity index (χ1) is 20.3. The number of likely N-dealkylation sites (tertiary alicyclic amines) is 1. The Labute approximate surface area is 250 Å². The summed E-state index contributed by atoms with van der Waals surface area (Å²) >= 11 is 0. The number of rotatable bonds is 16. The van der Waals surface area contributed by atoms with Gasteiger partial charge >= 0.3 is 5.97 Å². The molecule has 4 rings (SSSR count). The summed E-state index contributed by atoms with van der Waals surface area (Å²) < 4.78 is 12.5. The fourth-order valence-corrected chi connectivity index (χ4v) is 7.35. The van der Waals surface area contributed by atoms with Crippen LogP contribution in [0, 0.1) is 11.8 Å². The van der Waals surface area contributed by atoms with E-state index in [9.17, 15) is 19.5 Å². The Hall–Kier alpha value is -3.17. The van der Waals surface area contributed by atoms with Gasteiger partial charge in [0.25, 0.3) is 5.91 Å². The molecule has 3 fully saturated rings. The topological polar surface area (TPSA) is 99.6 Å². The van der Waals surface area contributed by atoms with Crippen LogP contribution in [0.2, 0.25) is 0 Å². The smallest absolute Gasteiger partial charge is 0.312 e. The lowest BCUT2D eigenvalue weighted by atomic mass is 9.65. The van der Waals surface area contributed by atoms with Crippen molar-refractivity contribution in [3.63, 3.8) is 0 Å². The molecule has 2 bridgehead atoms. The Morgan fingerprint density at radius 3 is 2.38 bits per heavy atom. The number of unbranched alkanes of at least 4 members (excludes halogenated alkanes) is 1. The summed E-state index contributed by atoms with van der Waals surface area (Å²) in [5, 5.41) is 9.45. The number of aliphatic hydroxyl groups is 1. The molecule has 9 nitrogen and oxygen atoms in total. The number of esters is 1. The molecule has 2 amide bonds. The van der Waals surface area contributed by atoms with Gasteiger partial charge in [0.05, 0.1) is 18.1 Å². The number of amides is 2. The predicted octanol–water partition coefficient (Wildman–Crippen LogP) is 4.10. The minimum atomic E-state index is -1.13. The van der Waals surface area contributed by atoms with Gasteiger partial charge in [0, 0.05) is 44.2 Å². The second-order valence-electron chi connectivity index (χ2n) is 11.5. The summed E-state index contributed by atoms with van der Waals surface area (Å²) in [5.74, 6) is -2.54. The number of anilines is 2. The van der Waals surface area contributed by atoms with Crippen molar-refractivity contribution in [2.24, 2.45) is 11.8 Å². The average molecular weight is 582 g/mol. The van der Waals surface area contributed by atoms with Crippen molar-refractivity contribution < 1.29 is 29.0 Å². The van der Waals surface area contributed by atoms with E-state index < -0.39 is 35.0 Å². The average Bonchev–Trinajstić information content (AvgIpc) is 3.60. The third kappa shape index (κ3) is 5.37. The van der Waals surface area contributed by atoms with E-state index in [4.69, 9.17) is 9.47 Å². The van der Waals surface area contributed by atoms with Crippen LogP contribution in [0.1, 0.15) is 59.3 Å². The molecule has 230 valence electrons. The van der Waals surface area contributed by atoms with Gasteiger partial charge in [-0.2, -0.15) is 0 Å². The van der Waals surface area contributed by atoms with Gasteiger partial charge in [-0.25, -0.2) is 0 Å². The minimum Gasteiger partial charge on any atom is -0.465 e. The normalized spacial score (nSPS) is 27.6. The highest BCUT2D eigenvalue weighted by Gasteiger charge is 2.79. The zero-order valence-corrected chi connectivity index (χ0v) is 25.4. The molecule has 9 heteroatoms. The number of aliphatic hydroxyl groups excluding tert-OH is 1. The molecule has 1 aromatic carbocycles. The largest absolute Gasteiger partial charge is 0.465 e.